The number of aliphatic carboxylic acids is 1. The summed E-state index contributed by atoms with van der Waals surface area (Å²) in [5.74, 6) is -0.669. The highest BCUT2D eigenvalue weighted by molar-refractivity contribution is 5.66. The third-order valence-electron chi connectivity index (χ3n) is 4.14. The Morgan fingerprint density at radius 1 is 0.682 bits per heavy atom. The number of nitrogens with two attached hydrogens (primary N) is 1. The van der Waals surface area contributed by atoms with Crippen molar-refractivity contribution in [3.05, 3.63) is 0 Å². The van der Waals surface area contributed by atoms with Gasteiger partial charge in [0, 0.05) is 6.42 Å². The summed E-state index contributed by atoms with van der Waals surface area (Å²) in [7, 11) is 0. The van der Waals surface area contributed by atoms with Gasteiger partial charge in [0.2, 0.25) is 0 Å². The maximum atomic E-state index is 10.3. The molecule has 22 heavy (non-hydrogen) atoms. The molecule has 0 bridgehead atoms. The molecule has 0 rings (SSSR count). The zero-order chi connectivity index (χ0) is 16.5. The highest BCUT2D eigenvalue weighted by atomic mass is 16.4. The fourth-order valence-corrected chi connectivity index (χ4v) is 2.75. The van der Waals surface area contributed by atoms with E-state index in [1.54, 1.807) is 0 Å². The first-order chi connectivity index (χ1) is 10.6. The van der Waals surface area contributed by atoms with E-state index in [9.17, 15) is 4.79 Å². The molecule has 0 aromatic carbocycles. The first-order valence-electron chi connectivity index (χ1n) is 9.28. The smallest absolute Gasteiger partial charge is 0.303 e. The first kappa shape index (κ1) is 21.4. The molecule has 4 heteroatoms. The molecule has 0 spiro atoms. The number of carboxylic acid groups (broad SMARTS) is 1. The van der Waals surface area contributed by atoms with Crippen LogP contribution in [0.5, 0.6) is 0 Å². The largest absolute Gasteiger partial charge is 0.481 e. The Labute approximate surface area is 136 Å². The van der Waals surface area contributed by atoms with Crippen LogP contribution in [-0.4, -0.2) is 22.4 Å². The molecule has 0 aliphatic heterocycles. The van der Waals surface area contributed by atoms with Crippen molar-refractivity contribution in [3.63, 3.8) is 0 Å². The van der Waals surface area contributed by atoms with Crippen LogP contribution in [0.3, 0.4) is 0 Å². The molecule has 0 saturated carbocycles. The second-order valence-corrected chi connectivity index (χ2v) is 6.45. The van der Waals surface area contributed by atoms with Crippen LogP contribution in [0.1, 0.15) is 103 Å². The topological polar surface area (TPSA) is 83.5 Å². The fraction of sp³-hybridized carbons (Fsp3) is 0.944. The Bertz CT molecular complexity index is 244. The van der Waals surface area contributed by atoms with Gasteiger partial charge in [0.15, 0.2) is 0 Å². The predicted octanol–water partition coefficient (Wildman–Crippen LogP) is 4.59. The van der Waals surface area contributed by atoms with E-state index in [1.807, 2.05) is 0 Å². The number of hydrogen-bond acceptors (Lipinski definition) is 3. The average Bonchev–Trinajstić information content (AvgIpc) is 2.46. The third kappa shape index (κ3) is 19.4. The van der Waals surface area contributed by atoms with Gasteiger partial charge < -0.3 is 15.9 Å². The Hall–Kier alpha value is -0.610. The van der Waals surface area contributed by atoms with E-state index in [-0.39, 0.29) is 0 Å². The SMILES string of the molecule is NC(O)CCCCCCCCCCCCCCCCC(=O)O. The van der Waals surface area contributed by atoms with E-state index in [0.717, 1.165) is 25.7 Å². The first-order valence-corrected chi connectivity index (χ1v) is 9.28. The van der Waals surface area contributed by atoms with Gasteiger partial charge in [0.05, 0.1) is 0 Å². The van der Waals surface area contributed by atoms with Gasteiger partial charge in [-0.2, -0.15) is 0 Å². The lowest BCUT2D eigenvalue weighted by Gasteiger charge is -2.04. The van der Waals surface area contributed by atoms with Crippen LogP contribution in [-0.2, 0) is 4.79 Å². The van der Waals surface area contributed by atoms with Gasteiger partial charge in [-0.1, -0.05) is 77.0 Å². The quantitative estimate of drug-likeness (QED) is 0.271. The van der Waals surface area contributed by atoms with E-state index in [2.05, 4.69) is 0 Å². The number of carboxylic acids is 1. The highest BCUT2D eigenvalue weighted by Gasteiger charge is 1.98. The molecular weight excluding hydrogens is 278 g/mol. The number of aliphatic hydroxyl groups excluding tert-OH is 1. The van der Waals surface area contributed by atoms with Crippen LogP contribution in [0.15, 0.2) is 0 Å². The van der Waals surface area contributed by atoms with Crippen LogP contribution in [0, 0.1) is 0 Å². The minimum Gasteiger partial charge on any atom is -0.481 e. The molecule has 0 amide bonds. The molecule has 0 radical (unpaired) electrons. The highest BCUT2D eigenvalue weighted by Crippen LogP contribution is 2.13. The Morgan fingerprint density at radius 3 is 1.32 bits per heavy atom. The lowest BCUT2D eigenvalue weighted by atomic mass is 10.0. The molecule has 0 fully saturated rings. The van der Waals surface area contributed by atoms with Crippen LogP contribution in [0.2, 0.25) is 0 Å². The number of hydrogen-bond donors (Lipinski definition) is 3. The maximum absolute atomic E-state index is 10.3. The lowest BCUT2D eigenvalue weighted by molar-refractivity contribution is -0.137. The summed E-state index contributed by atoms with van der Waals surface area (Å²) in [5, 5.41) is 17.5. The van der Waals surface area contributed by atoms with Crippen molar-refractivity contribution in [1.82, 2.24) is 0 Å². The average molecular weight is 315 g/mol. The number of rotatable bonds is 17. The predicted molar refractivity (Wildman–Crippen MR) is 91.7 cm³/mol. The van der Waals surface area contributed by atoms with Crippen molar-refractivity contribution >= 4 is 5.97 Å². The van der Waals surface area contributed by atoms with Crippen molar-refractivity contribution in [2.45, 2.75) is 109 Å². The van der Waals surface area contributed by atoms with Crippen molar-refractivity contribution in [2.75, 3.05) is 0 Å². The Kier molecular flexibility index (Phi) is 16.3. The van der Waals surface area contributed by atoms with E-state index >= 15 is 0 Å². The van der Waals surface area contributed by atoms with Gasteiger partial charge in [-0.15, -0.1) is 0 Å². The zero-order valence-electron chi connectivity index (χ0n) is 14.3. The standard InChI is InChI=1S/C18H37NO3/c19-17(20)15-13-11-9-7-5-3-1-2-4-6-8-10-12-14-16-18(21)22/h17,20H,1-16,19H2,(H,21,22). The van der Waals surface area contributed by atoms with Gasteiger partial charge >= 0.3 is 5.97 Å². The number of carbonyl (C=O) groups is 1. The zero-order valence-corrected chi connectivity index (χ0v) is 14.3. The van der Waals surface area contributed by atoms with E-state index in [4.69, 9.17) is 15.9 Å². The van der Waals surface area contributed by atoms with Crippen LogP contribution >= 0.6 is 0 Å². The summed E-state index contributed by atoms with van der Waals surface area (Å²) in [4.78, 5) is 10.3. The van der Waals surface area contributed by atoms with Crippen LogP contribution in [0.25, 0.3) is 0 Å². The monoisotopic (exact) mass is 315 g/mol. The third-order valence-corrected chi connectivity index (χ3v) is 4.14. The van der Waals surface area contributed by atoms with Crippen molar-refractivity contribution in [3.8, 4) is 0 Å². The normalized spacial score (nSPS) is 12.5. The van der Waals surface area contributed by atoms with E-state index in [1.165, 1.54) is 70.6 Å². The van der Waals surface area contributed by atoms with Gasteiger partial charge in [0.1, 0.15) is 6.23 Å². The molecule has 0 aliphatic rings. The summed E-state index contributed by atoms with van der Waals surface area (Å²) in [5.41, 5.74) is 5.29. The van der Waals surface area contributed by atoms with Crippen molar-refractivity contribution in [1.29, 1.82) is 0 Å². The second-order valence-electron chi connectivity index (χ2n) is 6.45. The maximum Gasteiger partial charge on any atom is 0.303 e. The van der Waals surface area contributed by atoms with Gasteiger partial charge in [-0.25, -0.2) is 0 Å². The molecule has 0 aromatic heterocycles. The molecule has 4 N–H and O–H groups in total. The van der Waals surface area contributed by atoms with Gasteiger partial charge in [-0.05, 0) is 19.3 Å². The van der Waals surface area contributed by atoms with Crippen LogP contribution < -0.4 is 5.73 Å². The Balaban J connectivity index is 2.98. The minimum absolute atomic E-state index is 0.326. The molecule has 0 aromatic rings. The molecular formula is C18H37NO3. The van der Waals surface area contributed by atoms with E-state index < -0.39 is 12.2 Å². The molecule has 132 valence electrons. The number of unbranched alkanes of at least 4 members (excludes halogenated alkanes) is 13. The summed E-state index contributed by atoms with van der Waals surface area (Å²) >= 11 is 0. The summed E-state index contributed by atoms with van der Waals surface area (Å²) in [6.45, 7) is 0. The molecule has 0 aliphatic carbocycles. The molecule has 1 atom stereocenters. The lowest BCUT2D eigenvalue weighted by Crippen LogP contribution is -2.17. The van der Waals surface area contributed by atoms with Gasteiger partial charge in [0.25, 0.3) is 0 Å². The van der Waals surface area contributed by atoms with Crippen molar-refractivity contribution < 1.29 is 15.0 Å². The fourth-order valence-electron chi connectivity index (χ4n) is 2.75. The molecule has 0 heterocycles. The van der Waals surface area contributed by atoms with E-state index in [0.29, 0.717) is 6.42 Å². The second kappa shape index (κ2) is 16.8. The molecule has 4 nitrogen and oxygen atoms in total. The van der Waals surface area contributed by atoms with Crippen LogP contribution in [0.4, 0.5) is 0 Å². The molecule has 0 saturated heterocycles. The molecule has 1 unspecified atom stereocenters. The summed E-state index contributed by atoms with van der Waals surface area (Å²) < 4.78 is 0. The minimum atomic E-state index is -0.669. The summed E-state index contributed by atoms with van der Waals surface area (Å²) in [6.07, 6.45) is 17.6. The number of aliphatic hydroxyl groups is 1. The van der Waals surface area contributed by atoms with Crippen molar-refractivity contribution in [2.24, 2.45) is 5.73 Å². The Morgan fingerprint density at radius 2 is 1.00 bits per heavy atom. The summed E-state index contributed by atoms with van der Waals surface area (Å²) in [6, 6.07) is 0. The van der Waals surface area contributed by atoms with Gasteiger partial charge in [-0.3, -0.25) is 4.79 Å².